The number of aliphatic carboxylic acids is 1. The summed E-state index contributed by atoms with van der Waals surface area (Å²) in [6, 6.07) is 6.42. The Hall–Kier alpha value is -1.55. The summed E-state index contributed by atoms with van der Waals surface area (Å²) in [4.78, 5) is 10.7. The zero-order chi connectivity index (χ0) is 11.1. The maximum absolute atomic E-state index is 10.7. The van der Waals surface area contributed by atoms with Crippen LogP contribution in [0.25, 0.3) is 0 Å². The minimum absolute atomic E-state index is 0.0939. The number of rotatable bonds is 3. The fourth-order valence-corrected chi connectivity index (χ4v) is 1.91. The molecule has 1 aliphatic carbocycles. The van der Waals surface area contributed by atoms with E-state index in [0.29, 0.717) is 18.4 Å². The highest BCUT2D eigenvalue weighted by molar-refractivity contribution is 5.75. The zero-order valence-corrected chi connectivity index (χ0v) is 8.05. The van der Waals surface area contributed by atoms with Gasteiger partial charge in [0.15, 0.2) is 6.10 Å². The molecule has 0 heterocycles. The molecule has 0 aromatic heterocycles. The molecule has 1 fully saturated rings. The quantitative estimate of drug-likeness (QED) is 0.688. The molecule has 0 aliphatic heterocycles. The first-order chi connectivity index (χ1) is 7.06. The van der Waals surface area contributed by atoms with Crippen molar-refractivity contribution in [3.8, 4) is 5.75 Å². The zero-order valence-electron chi connectivity index (χ0n) is 8.05. The molecule has 4 heteroatoms. The first-order valence-corrected chi connectivity index (χ1v) is 4.77. The number of aromatic hydroxyl groups is 1. The van der Waals surface area contributed by atoms with Gasteiger partial charge in [-0.3, -0.25) is 0 Å². The van der Waals surface area contributed by atoms with Gasteiger partial charge in [-0.05, 0) is 30.5 Å². The molecule has 1 aliphatic rings. The molecular weight excluding hydrogens is 196 g/mol. The average molecular weight is 208 g/mol. The minimum Gasteiger partial charge on any atom is -0.508 e. The molecule has 4 nitrogen and oxygen atoms in total. The van der Waals surface area contributed by atoms with Crippen LogP contribution in [0, 0.1) is 0 Å². The van der Waals surface area contributed by atoms with Crippen molar-refractivity contribution in [3.05, 3.63) is 29.8 Å². The van der Waals surface area contributed by atoms with E-state index in [-0.39, 0.29) is 5.75 Å². The van der Waals surface area contributed by atoms with Gasteiger partial charge < -0.3 is 15.3 Å². The summed E-state index contributed by atoms with van der Waals surface area (Å²) >= 11 is 0. The van der Waals surface area contributed by atoms with Crippen molar-refractivity contribution in [3.63, 3.8) is 0 Å². The lowest BCUT2D eigenvalue weighted by Crippen LogP contribution is -2.33. The Balaban J connectivity index is 2.34. The van der Waals surface area contributed by atoms with Crippen molar-refractivity contribution in [2.75, 3.05) is 0 Å². The number of hydrogen-bond acceptors (Lipinski definition) is 3. The summed E-state index contributed by atoms with van der Waals surface area (Å²) in [6.45, 7) is 0. The summed E-state index contributed by atoms with van der Waals surface area (Å²) < 4.78 is 0. The van der Waals surface area contributed by atoms with Gasteiger partial charge in [0, 0.05) is 5.41 Å². The van der Waals surface area contributed by atoms with Gasteiger partial charge in [0.1, 0.15) is 5.75 Å². The van der Waals surface area contributed by atoms with Crippen molar-refractivity contribution in [1.82, 2.24) is 0 Å². The number of carboxylic acids is 1. The predicted molar refractivity (Wildman–Crippen MR) is 52.7 cm³/mol. The number of aliphatic hydroxyl groups excluding tert-OH is 1. The second kappa shape index (κ2) is 3.24. The van der Waals surface area contributed by atoms with Crippen molar-refractivity contribution >= 4 is 5.97 Å². The molecule has 2 rings (SSSR count). The van der Waals surface area contributed by atoms with Gasteiger partial charge in [-0.25, -0.2) is 4.79 Å². The Morgan fingerprint density at radius 3 is 2.53 bits per heavy atom. The second-order valence-corrected chi connectivity index (χ2v) is 3.95. The highest BCUT2D eigenvalue weighted by Crippen LogP contribution is 2.51. The van der Waals surface area contributed by atoms with E-state index in [4.69, 9.17) is 5.11 Å². The van der Waals surface area contributed by atoms with Gasteiger partial charge in [-0.15, -0.1) is 0 Å². The monoisotopic (exact) mass is 208 g/mol. The van der Waals surface area contributed by atoms with E-state index < -0.39 is 17.5 Å². The number of aliphatic hydroxyl groups is 1. The fraction of sp³-hybridized carbons (Fsp3) is 0.364. The Labute approximate surface area is 86.8 Å². The summed E-state index contributed by atoms with van der Waals surface area (Å²) in [5.41, 5.74) is 0.00213. The largest absolute Gasteiger partial charge is 0.508 e. The molecule has 1 saturated carbocycles. The lowest BCUT2D eigenvalue weighted by Gasteiger charge is -2.19. The van der Waals surface area contributed by atoms with E-state index in [2.05, 4.69) is 0 Å². The van der Waals surface area contributed by atoms with Gasteiger partial charge in [0.05, 0.1) is 0 Å². The normalized spacial score (nSPS) is 19.5. The Bertz CT molecular complexity index is 395. The third-order valence-electron chi connectivity index (χ3n) is 2.97. The van der Waals surface area contributed by atoms with E-state index >= 15 is 0 Å². The third kappa shape index (κ3) is 1.57. The van der Waals surface area contributed by atoms with E-state index in [1.165, 1.54) is 12.1 Å². The molecule has 0 bridgehead atoms. The molecule has 1 aromatic carbocycles. The second-order valence-electron chi connectivity index (χ2n) is 3.95. The SMILES string of the molecule is O=C(O)C(O)C1(c2cccc(O)c2)CC1. The molecule has 0 amide bonds. The van der Waals surface area contributed by atoms with Crippen molar-refractivity contribution in [2.45, 2.75) is 24.4 Å². The molecule has 1 aromatic rings. The number of carbonyl (C=O) groups is 1. The summed E-state index contributed by atoms with van der Waals surface area (Å²) in [6.07, 6.45) is -0.104. The number of phenolic OH excluding ortho intramolecular Hbond substituents is 1. The maximum Gasteiger partial charge on any atom is 0.333 e. The van der Waals surface area contributed by atoms with Crippen molar-refractivity contribution in [1.29, 1.82) is 0 Å². The maximum atomic E-state index is 10.7. The molecule has 80 valence electrons. The summed E-state index contributed by atoms with van der Waals surface area (Å²) in [5.74, 6) is -1.12. The van der Waals surface area contributed by atoms with Crippen LogP contribution in [0.4, 0.5) is 0 Å². The summed E-state index contributed by atoms with van der Waals surface area (Å²) in [5, 5.41) is 27.7. The highest BCUT2D eigenvalue weighted by Gasteiger charge is 2.53. The average Bonchev–Trinajstić information content (AvgIpc) is 2.97. The summed E-state index contributed by atoms with van der Waals surface area (Å²) in [7, 11) is 0. The van der Waals surface area contributed by atoms with Crippen LogP contribution in [0.3, 0.4) is 0 Å². The number of phenols is 1. The lowest BCUT2D eigenvalue weighted by molar-refractivity contribution is -0.148. The Kier molecular flexibility index (Phi) is 2.16. The van der Waals surface area contributed by atoms with E-state index in [1.807, 2.05) is 0 Å². The van der Waals surface area contributed by atoms with Crippen LogP contribution in [0.5, 0.6) is 5.75 Å². The van der Waals surface area contributed by atoms with Crippen LogP contribution in [0.15, 0.2) is 24.3 Å². The first kappa shape index (κ1) is 9.98. The van der Waals surface area contributed by atoms with Crippen LogP contribution >= 0.6 is 0 Å². The fourth-order valence-electron chi connectivity index (χ4n) is 1.91. The van der Waals surface area contributed by atoms with Gasteiger partial charge in [0.25, 0.3) is 0 Å². The van der Waals surface area contributed by atoms with Crippen molar-refractivity contribution < 1.29 is 20.1 Å². The van der Waals surface area contributed by atoms with Crippen LogP contribution in [-0.2, 0) is 10.2 Å². The van der Waals surface area contributed by atoms with Gasteiger partial charge in [-0.1, -0.05) is 12.1 Å². The van der Waals surface area contributed by atoms with Crippen LogP contribution in [0.2, 0.25) is 0 Å². The number of hydrogen-bond donors (Lipinski definition) is 3. The first-order valence-electron chi connectivity index (χ1n) is 4.77. The predicted octanol–water partition coefficient (Wildman–Crippen LogP) is 0.869. The molecule has 1 atom stereocenters. The Morgan fingerprint density at radius 1 is 1.40 bits per heavy atom. The molecule has 3 N–H and O–H groups in total. The molecular formula is C11H12O4. The van der Waals surface area contributed by atoms with Gasteiger partial charge >= 0.3 is 5.97 Å². The van der Waals surface area contributed by atoms with Crippen LogP contribution in [-0.4, -0.2) is 27.4 Å². The standard InChI is InChI=1S/C11H12O4/c12-8-3-1-2-7(6-8)11(4-5-11)9(13)10(14)15/h1-3,6,9,12-13H,4-5H2,(H,14,15). The van der Waals surface area contributed by atoms with E-state index in [1.54, 1.807) is 12.1 Å². The molecule has 15 heavy (non-hydrogen) atoms. The van der Waals surface area contributed by atoms with Crippen molar-refractivity contribution in [2.24, 2.45) is 0 Å². The minimum atomic E-state index is -1.39. The molecule has 0 radical (unpaired) electrons. The van der Waals surface area contributed by atoms with E-state index in [9.17, 15) is 15.0 Å². The van der Waals surface area contributed by atoms with Gasteiger partial charge in [-0.2, -0.15) is 0 Å². The topological polar surface area (TPSA) is 77.8 Å². The van der Waals surface area contributed by atoms with Crippen LogP contribution < -0.4 is 0 Å². The Morgan fingerprint density at radius 2 is 2.07 bits per heavy atom. The molecule has 1 unspecified atom stereocenters. The smallest absolute Gasteiger partial charge is 0.333 e. The third-order valence-corrected chi connectivity index (χ3v) is 2.97. The lowest BCUT2D eigenvalue weighted by atomic mass is 9.90. The number of benzene rings is 1. The molecule has 0 spiro atoms. The number of carboxylic acid groups (broad SMARTS) is 1. The molecule has 0 saturated heterocycles. The highest BCUT2D eigenvalue weighted by atomic mass is 16.4. The van der Waals surface area contributed by atoms with Gasteiger partial charge in [0.2, 0.25) is 0 Å². The van der Waals surface area contributed by atoms with Crippen LogP contribution in [0.1, 0.15) is 18.4 Å². The van der Waals surface area contributed by atoms with E-state index in [0.717, 1.165) is 0 Å².